The Morgan fingerprint density at radius 1 is 1.28 bits per heavy atom. The highest BCUT2D eigenvalue weighted by Gasteiger charge is 2.05. The lowest BCUT2D eigenvalue weighted by molar-refractivity contribution is 0.529. The Bertz CT molecular complexity index is 401. The summed E-state index contributed by atoms with van der Waals surface area (Å²) in [6.07, 6.45) is 4.95. The van der Waals surface area contributed by atoms with E-state index < -0.39 is 0 Å². The molecule has 0 aliphatic carbocycles. The van der Waals surface area contributed by atoms with Crippen LogP contribution in [0.5, 0.6) is 0 Å². The number of aromatic nitrogens is 2. The number of hydrogen-bond donors (Lipinski definition) is 1. The summed E-state index contributed by atoms with van der Waals surface area (Å²) in [6.45, 7) is 6.64. The Labute approximate surface area is 114 Å². The van der Waals surface area contributed by atoms with Gasteiger partial charge in [0.2, 0.25) is 0 Å². The fourth-order valence-corrected chi connectivity index (χ4v) is 2.13. The average molecular weight is 269 g/mol. The summed E-state index contributed by atoms with van der Waals surface area (Å²) in [6, 6.07) is 1.68. The van der Waals surface area contributed by atoms with Gasteiger partial charge < -0.3 is 4.90 Å². The van der Waals surface area contributed by atoms with E-state index in [2.05, 4.69) is 36.5 Å². The Balaban J connectivity index is 2.65. The molecule has 1 rings (SSSR count). The molecule has 0 spiro atoms. The molecule has 5 heteroatoms. The van der Waals surface area contributed by atoms with Gasteiger partial charge in [-0.15, -0.1) is 0 Å². The number of anilines is 1. The smallest absolute Gasteiger partial charge is 0.268 e. The third-order valence-electron chi connectivity index (χ3n) is 3.01. The van der Waals surface area contributed by atoms with E-state index >= 15 is 0 Å². The van der Waals surface area contributed by atoms with Crippen LogP contribution in [0.2, 0.25) is 0 Å². The molecule has 4 nitrogen and oxygen atoms in total. The van der Waals surface area contributed by atoms with Crippen LogP contribution in [0.3, 0.4) is 0 Å². The van der Waals surface area contributed by atoms with Crippen molar-refractivity contribution in [3.63, 3.8) is 0 Å². The maximum atomic E-state index is 11.9. The molecule has 0 N–H and O–H groups in total. The highest BCUT2D eigenvalue weighted by molar-refractivity contribution is 7.80. The number of aryl methyl sites for hydroxylation is 1. The minimum absolute atomic E-state index is 0.00901. The van der Waals surface area contributed by atoms with Gasteiger partial charge in [0.05, 0.1) is 11.9 Å². The molecule has 0 aliphatic rings. The predicted octanol–water partition coefficient (Wildman–Crippen LogP) is 2.19. The van der Waals surface area contributed by atoms with Crippen molar-refractivity contribution in [2.75, 3.05) is 23.7 Å². The summed E-state index contributed by atoms with van der Waals surface area (Å²) in [5.74, 6) is 0.906. The minimum Gasteiger partial charge on any atom is -0.371 e. The first kappa shape index (κ1) is 15.1. The van der Waals surface area contributed by atoms with Gasteiger partial charge in [0.1, 0.15) is 0 Å². The van der Waals surface area contributed by atoms with Crippen molar-refractivity contribution >= 4 is 18.3 Å². The Morgan fingerprint density at radius 3 is 2.56 bits per heavy atom. The van der Waals surface area contributed by atoms with E-state index in [1.807, 2.05) is 0 Å². The third-order valence-corrected chi connectivity index (χ3v) is 3.33. The zero-order valence-electron chi connectivity index (χ0n) is 11.3. The lowest BCUT2D eigenvalue weighted by atomic mass is 10.2. The first-order chi connectivity index (χ1) is 8.72. The molecule has 1 aromatic heterocycles. The maximum Gasteiger partial charge on any atom is 0.268 e. The molecule has 0 radical (unpaired) electrons. The van der Waals surface area contributed by atoms with Crippen LogP contribution in [-0.4, -0.2) is 28.6 Å². The molecule has 102 valence electrons. The molecule has 0 saturated heterocycles. The van der Waals surface area contributed by atoms with Crippen LogP contribution in [0.4, 0.5) is 5.69 Å². The van der Waals surface area contributed by atoms with Gasteiger partial charge in [-0.05, 0) is 32.4 Å². The third kappa shape index (κ3) is 4.37. The largest absolute Gasteiger partial charge is 0.371 e. The van der Waals surface area contributed by atoms with Crippen molar-refractivity contribution in [3.05, 3.63) is 22.6 Å². The first-order valence-corrected chi connectivity index (χ1v) is 7.29. The Hall–Kier alpha value is -0.970. The second-order valence-electron chi connectivity index (χ2n) is 4.23. The van der Waals surface area contributed by atoms with Crippen molar-refractivity contribution in [3.8, 4) is 0 Å². The van der Waals surface area contributed by atoms with Crippen LogP contribution in [0, 0.1) is 0 Å². The van der Waals surface area contributed by atoms with Crippen molar-refractivity contribution in [1.82, 2.24) is 9.78 Å². The molecular weight excluding hydrogens is 246 g/mol. The number of thiol groups is 1. The predicted molar refractivity (Wildman–Crippen MR) is 79.8 cm³/mol. The lowest BCUT2D eigenvalue weighted by Gasteiger charge is -2.20. The molecule has 0 aliphatic heterocycles. The molecule has 0 saturated carbocycles. The topological polar surface area (TPSA) is 38.1 Å². The molecule has 0 aromatic carbocycles. The van der Waals surface area contributed by atoms with E-state index in [-0.39, 0.29) is 5.56 Å². The van der Waals surface area contributed by atoms with Crippen molar-refractivity contribution < 1.29 is 0 Å². The van der Waals surface area contributed by atoms with Gasteiger partial charge in [-0.2, -0.15) is 17.7 Å². The van der Waals surface area contributed by atoms with Crippen LogP contribution >= 0.6 is 12.6 Å². The highest BCUT2D eigenvalue weighted by atomic mass is 32.1. The van der Waals surface area contributed by atoms with Gasteiger partial charge in [0, 0.05) is 25.7 Å². The van der Waals surface area contributed by atoms with Crippen LogP contribution in [-0.2, 0) is 6.54 Å². The van der Waals surface area contributed by atoms with Gasteiger partial charge in [0.25, 0.3) is 5.56 Å². The summed E-state index contributed by atoms with van der Waals surface area (Å²) < 4.78 is 1.55. The molecule has 1 aromatic rings. The Kier molecular flexibility index (Phi) is 6.86. The minimum atomic E-state index is -0.00901. The molecular formula is C13H23N3OS. The van der Waals surface area contributed by atoms with Gasteiger partial charge >= 0.3 is 0 Å². The van der Waals surface area contributed by atoms with Crippen LogP contribution in [0.15, 0.2) is 17.1 Å². The summed E-state index contributed by atoms with van der Waals surface area (Å²) in [7, 11) is 0. The summed E-state index contributed by atoms with van der Waals surface area (Å²) in [5, 5.41) is 4.24. The zero-order chi connectivity index (χ0) is 13.4. The second kappa shape index (κ2) is 8.19. The normalized spacial score (nSPS) is 10.6. The number of hydrogen-bond acceptors (Lipinski definition) is 4. The van der Waals surface area contributed by atoms with Crippen LogP contribution in [0.1, 0.15) is 33.1 Å². The number of nitrogens with zero attached hydrogens (tertiary/aromatic N) is 3. The monoisotopic (exact) mass is 269 g/mol. The fraction of sp³-hybridized carbons (Fsp3) is 0.692. The van der Waals surface area contributed by atoms with E-state index in [1.54, 1.807) is 16.9 Å². The van der Waals surface area contributed by atoms with Crippen LogP contribution < -0.4 is 10.5 Å². The molecule has 0 unspecified atom stereocenters. The van der Waals surface area contributed by atoms with Gasteiger partial charge in [-0.3, -0.25) is 4.79 Å². The molecule has 0 bridgehead atoms. The van der Waals surface area contributed by atoms with E-state index in [4.69, 9.17) is 0 Å². The molecule has 1 heterocycles. The summed E-state index contributed by atoms with van der Waals surface area (Å²) in [4.78, 5) is 14.0. The van der Waals surface area contributed by atoms with E-state index in [9.17, 15) is 4.79 Å². The molecule has 18 heavy (non-hydrogen) atoms. The quantitative estimate of drug-likeness (QED) is 0.581. The lowest BCUT2D eigenvalue weighted by Crippen LogP contribution is -2.27. The average Bonchev–Trinajstić information content (AvgIpc) is 2.38. The maximum absolute atomic E-state index is 11.9. The van der Waals surface area contributed by atoms with Gasteiger partial charge in [-0.1, -0.05) is 6.42 Å². The molecule has 0 amide bonds. The SMILES string of the molecule is CCN(CC)c1cnn(CCCCCS)c(=O)c1. The number of rotatable bonds is 8. The standard InChI is InChI=1S/C13H23N3OS/c1-3-15(4-2)12-10-13(17)16(14-11-12)8-6-5-7-9-18/h10-11,18H,3-9H2,1-2H3. The summed E-state index contributed by atoms with van der Waals surface area (Å²) in [5.41, 5.74) is 0.905. The van der Waals surface area contributed by atoms with Crippen LogP contribution in [0.25, 0.3) is 0 Å². The van der Waals surface area contributed by atoms with Crippen molar-refractivity contribution in [2.24, 2.45) is 0 Å². The van der Waals surface area contributed by atoms with Gasteiger partial charge in [-0.25, -0.2) is 4.68 Å². The zero-order valence-corrected chi connectivity index (χ0v) is 12.2. The van der Waals surface area contributed by atoms with E-state index in [0.29, 0.717) is 6.54 Å². The van der Waals surface area contributed by atoms with Crippen molar-refractivity contribution in [2.45, 2.75) is 39.7 Å². The summed E-state index contributed by atoms with van der Waals surface area (Å²) >= 11 is 4.17. The Morgan fingerprint density at radius 2 is 2.00 bits per heavy atom. The molecule has 0 atom stereocenters. The van der Waals surface area contributed by atoms with Crippen molar-refractivity contribution in [1.29, 1.82) is 0 Å². The second-order valence-corrected chi connectivity index (χ2v) is 4.68. The number of unbranched alkanes of at least 4 members (excludes halogenated alkanes) is 2. The first-order valence-electron chi connectivity index (χ1n) is 6.65. The molecule has 0 fully saturated rings. The van der Waals surface area contributed by atoms with E-state index in [0.717, 1.165) is 43.8 Å². The fourth-order valence-electron chi connectivity index (χ4n) is 1.90. The highest BCUT2D eigenvalue weighted by Crippen LogP contribution is 2.08. The van der Waals surface area contributed by atoms with Gasteiger partial charge in [0.15, 0.2) is 0 Å². The van der Waals surface area contributed by atoms with E-state index in [1.165, 1.54) is 0 Å².